The minimum Gasteiger partial charge on any atom is -0.395 e. The maximum atomic E-state index is 12.4. The van der Waals surface area contributed by atoms with E-state index in [2.05, 4.69) is 4.90 Å². The van der Waals surface area contributed by atoms with Crippen LogP contribution in [0.2, 0.25) is 0 Å². The molecule has 0 aromatic heterocycles. The van der Waals surface area contributed by atoms with Crippen LogP contribution in [0.1, 0.15) is 36.5 Å². The van der Waals surface area contributed by atoms with E-state index in [4.69, 9.17) is 0 Å². The molecule has 2 unspecified atom stereocenters. The van der Waals surface area contributed by atoms with Gasteiger partial charge in [-0.15, -0.1) is 0 Å². The van der Waals surface area contributed by atoms with Crippen molar-refractivity contribution in [1.82, 2.24) is 4.90 Å². The van der Waals surface area contributed by atoms with Crippen molar-refractivity contribution in [2.24, 2.45) is 0 Å². The summed E-state index contributed by atoms with van der Waals surface area (Å²) in [6, 6.07) is 9.40. The van der Waals surface area contributed by atoms with E-state index in [1.165, 1.54) is 0 Å². The summed E-state index contributed by atoms with van der Waals surface area (Å²) in [5.74, 6) is 0.149. The highest BCUT2D eigenvalue weighted by molar-refractivity contribution is 5.99. The second-order valence-corrected chi connectivity index (χ2v) is 4.98. The van der Waals surface area contributed by atoms with E-state index in [1.807, 2.05) is 37.3 Å². The molecule has 1 heterocycles. The summed E-state index contributed by atoms with van der Waals surface area (Å²) < 4.78 is 0. The van der Waals surface area contributed by atoms with Gasteiger partial charge in [0.25, 0.3) is 0 Å². The average molecular weight is 247 g/mol. The van der Waals surface area contributed by atoms with E-state index in [0.717, 1.165) is 31.4 Å². The number of aliphatic hydroxyl groups is 1. The van der Waals surface area contributed by atoms with E-state index < -0.39 is 0 Å². The zero-order valence-electron chi connectivity index (χ0n) is 10.9. The lowest BCUT2D eigenvalue weighted by Gasteiger charge is -2.38. The third-order valence-electron chi connectivity index (χ3n) is 3.82. The van der Waals surface area contributed by atoms with Gasteiger partial charge in [0.05, 0.1) is 12.6 Å². The highest BCUT2D eigenvalue weighted by Crippen LogP contribution is 2.21. The number of aliphatic hydroxyl groups excluding tert-OH is 1. The number of Topliss-reactive ketones (excluding diaryl/α,β-unsaturated/α-hetero) is 1. The molecule has 0 aliphatic carbocycles. The first kappa shape index (κ1) is 13.2. The summed E-state index contributed by atoms with van der Waals surface area (Å²) in [5.41, 5.74) is 0.757. The smallest absolute Gasteiger partial charge is 0.179 e. The molecule has 3 nitrogen and oxygen atoms in total. The van der Waals surface area contributed by atoms with Crippen LogP contribution in [0.4, 0.5) is 0 Å². The Morgan fingerprint density at radius 1 is 1.39 bits per heavy atom. The number of nitrogens with zero attached hydrogens (tertiary/aromatic N) is 1. The molecule has 0 radical (unpaired) electrons. The Morgan fingerprint density at radius 2 is 2.11 bits per heavy atom. The van der Waals surface area contributed by atoms with Crippen molar-refractivity contribution in [3.05, 3.63) is 35.9 Å². The number of piperidine rings is 1. The normalized spacial score (nSPS) is 22.7. The molecular weight excluding hydrogens is 226 g/mol. The molecule has 1 aromatic carbocycles. The molecule has 1 aliphatic rings. The SMILES string of the molecule is CC(C(=O)c1ccccc1)N1CCCCC1CO. The minimum atomic E-state index is -0.148. The van der Waals surface area contributed by atoms with Crippen molar-refractivity contribution >= 4 is 5.78 Å². The molecule has 3 heteroatoms. The van der Waals surface area contributed by atoms with Gasteiger partial charge in [-0.05, 0) is 26.3 Å². The molecule has 1 N–H and O–H groups in total. The lowest BCUT2D eigenvalue weighted by molar-refractivity contribution is 0.0491. The van der Waals surface area contributed by atoms with Crippen molar-refractivity contribution < 1.29 is 9.90 Å². The Labute approximate surface area is 108 Å². The number of rotatable bonds is 4. The highest BCUT2D eigenvalue weighted by atomic mass is 16.3. The monoisotopic (exact) mass is 247 g/mol. The van der Waals surface area contributed by atoms with E-state index in [1.54, 1.807) is 0 Å². The fraction of sp³-hybridized carbons (Fsp3) is 0.533. The minimum absolute atomic E-state index is 0.140. The predicted octanol–water partition coefficient (Wildman–Crippen LogP) is 2.10. The third kappa shape index (κ3) is 2.79. The van der Waals surface area contributed by atoms with Gasteiger partial charge >= 0.3 is 0 Å². The van der Waals surface area contributed by atoms with Crippen LogP contribution in [-0.2, 0) is 0 Å². The summed E-state index contributed by atoms with van der Waals surface area (Å²) >= 11 is 0. The topological polar surface area (TPSA) is 40.5 Å². The molecule has 1 aliphatic heterocycles. The summed E-state index contributed by atoms with van der Waals surface area (Å²) in [6.07, 6.45) is 3.25. The van der Waals surface area contributed by atoms with E-state index in [-0.39, 0.29) is 24.5 Å². The first-order valence-electron chi connectivity index (χ1n) is 6.70. The number of ketones is 1. The molecule has 18 heavy (non-hydrogen) atoms. The molecule has 1 saturated heterocycles. The molecular formula is C15H21NO2. The van der Waals surface area contributed by atoms with Crippen molar-refractivity contribution in [3.63, 3.8) is 0 Å². The second kappa shape index (κ2) is 6.12. The maximum absolute atomic E-state index is 12.4. The van der Waals surface area contributed by atoms with Gasteiger partial charge in [0.2, 0.25) is 0 Å². The predicted molar refractivity (Wildman–Crippen MR) is 71.7 cm³/mol. The van der Waals surface area contributed by atoms with Crippen molar-refractivity contribution in [2.45, 2.75) is 38.3 Å². The van der Waals surface area contributed by atoms with Crippen molar-refractivity contribution in [2.75, 3.05) is 13.2 Å². The number of carbonyl (C=O) groups is 1. The molecule has 2 atom stereocenters. The van der Waals surface area contributed by atoms with Gasteiger partial charge in [0, 0.05) is 11.6 Å². The number of likely N-dealkylation sites (tertiary alicyclic amines) is 1. The Balaban J connectivity index is 2.10. The Kier molecular flexibility index (Phi) is 4.50. The largest absolute Gasteiger partial charge is 0.395 e. The molecule has 0 saturated carbocycles. The zero-order chi connectivity index (χ0) is 13.0. The fourth-order valence-corrected chi connectivity index (χ4v) is 2.72. The van der Waals surface area contributed by atoms with Crippen LogP contribution in [-0.4, -0.2) is 41.0 Å². The number of carbonyl (C=O) groups excluding carboxylic acids is 1. The fourth-order valence-electron chi connectivity index (χ4n) is 2.72. The molecule has 1 fully saturated rings. The van der Waals surface area contributed by atoms with Crippen molar-refractivity contribution in [3.8, 4) is 0 Å². The quantitative estimate of drug-likeness (QED) is 0.828. The second-order valence-electron chi connectivity index (χ2n) is 4.98. The lowest BCUT2D eigenvalue weighted by atomic mass is 9.97. The summed E-state index contributed by atoms with van der Waals surface area (Å²) in [5, 5.41) is 9.41. The van der Waals surface area contributed by atoms with E-state index in [9.17, 15) is 9.90 Å². The van der Waals surface area contributed by atoms with Crippen LogP contribution < -0.4 is 0 Å². The molecule has 0 amide bonds. The lowest BCUT2D eigenvalue weighted by Crippen LogP contribution is -2.49. The van der Waals surface area contributed by atoms with Gasteiger partial charge in [0.1, 0.15) is 0 Å². The average Bonchev–Trinajstić information content (AvgIpc) is 2.46. The zero-order valence-corrected chi connectivity index (χ0v) is 10.9. The van der Waals surface area contributed by atoms with Gasteiger partial charge in [-0.3, -0.25) is 9.69 Å². The molecule has 1 aromatic rings. The summed E-state index contributed by atoms with van der Waals surface area (Å²) in [7, 11) is 0. The standard InChI is InChI=1S/C15H21NO2/c1-12(15(18)13-7-3-2-4-8-13)16-10-6-5-9-14(16)11-17/h2-4,7-8,12,14,17H,5-6,9-11H2,1H3. The van der Waals surface area contributed by atoms with Crippen LogP contribution in [0, 0.1) is 0 Å². The van der Waals surface area contributed by atoms with Gasteiger partial charge < -0.3 is 5.11 Å². The highest BCUT2D eigenvalue weighted by Gasteiger charge is 2.30. The van der Waals surface area contributed by atoms with Crippen molar-refractivity contribution in [1.29, 1.82) is 0 Å². The molecule has 0 bridgehead atoms. The molecule has 2 rings (SSSR count). The first-order valence-corrected chi connectivity index (χ1v) is 6.70. The van der Waals surface area contributed by atoms with E-state index in [0.29, 0.717) is 0 Å². The Hall–Kier alpha value is -1.19. The van der Waals surface area contributed by atoms with Crippen LogP contribution in [0.5, 0.6) is 0 Å². The summed E-state index contributed by atoms with van der Waals surface area (Å²) in [4.78, 5) is 14.5. The van der Waals surface area contributed by atoms with Gasteiger partial charge in [0.15, 0.2) is 5.78 Å². The maximum Gasteiger partial charge on any atom is 0.179 e. The number of benzene rings is 1. The van der Waals surface area contributed by atoms with Gasteiger partial charge in [-0.2, -0.15) is 0 Å². The van der Waals surface area contributed by atoms with Gasteiger partial charge in [-0.25, -0.2) is 0 Å². The Morgan fingerprint density at radius 3 is 2.78 bits per heavy atom. The number of hydrogen-bond donors (Lipinski definition) is 1. The van der Waals surface area contributed by atoms with Crippen LogP contribution in [0.3, 0.4) is 0 Å². The summed E-state index contributed by atoms with van der Waals surface area (Å²) in [6.45, 7) is 3.00. The molecule has 98 valence electrons. The van der Waals surface area contributed by atoms with Crippen LogP contribution in [0.15, 0.2) is 30.3 Å². The molecule has 0 spiro atoms. The Bertz CT molecular complexity index is 391. The van der Waals surface area contributed by atoms with Crippen LogP contribution >= 0.6 is 0 Å². The third-order valence-corrected chi connectivity index (χ3v) is 3.82. The number of hydrogen-bond acceptors (Lipinski definition) is 3. The van der Waals surface area contributed by atoms with E-state index >= 15 is 0 Å². The van der Waals surface area contributed by atoms with Gasteiger partial charge in [-0.1, -0.05) is 36.8 Å². The first-order chi connectivity index (χ1) is 8.74. The van der Waals surface area contributed by atoms with Crippen LogP contribution in [0.25, 0.3) is 0 Å².